The Morgan fingerprint density at radius 1 is 1.39 bits per heavy atom. The summed E-state index contributed by atoms with van der Waals surface area (Å²) in [6, 6.07) is 4.60. The molecule has 3 nitrogen and oxygen atoms in total. The normalized spacial score (nSPS) is 14.2. The van der Waals surface area contributed by atoms with Crippen LogP contribution < -0.4 is 5.32 Å². The molecule has 102 valence electrons. The fourth-order valence-corrected chi connectivity index (χ4v) is 2.60. The number of carbonyl (C=O) groups is 1. The summed E-state index contributed by atoms with van der Waals surface area (Å²) in [7, 11) is 1.42. The topological polar surface area (TPSA) is 38.3 Å². The standard InChI is InChI=1S/C14H23NO2S/c1-5-10(2)11(3)15-9-13-7-6-12(18-13)8-14(16)17-4/h6-7,10-11,15H,5,8-9H2,1-4H3. The molecule has 0 spiro atoms. The van der Waals surface area contributed by atoms with Crippen LogP contribution in [0.15, 0.2) is 12.1 Å². The van der Waals surface area contributed by atoms with Crippen LogP contribution in [0.1, 0.15) is 36.9 Å². The first-order valence-electron chi connectivity index (χ1n) is 6.44. The van der Waals surface area contributed by atoms with E-state index in [0.29, 0.717) is 18.4 Å². The second-order valence-corrected chi connectivity index (χ2v) is 5.93. The van der Waals surface area contributed by atoms with E-state index in [4.69, 9.17) is 0 Å². The van der Waals surface area contributed by atoms with Gasteiger partial charge in [-0.05, 0) is 25.0 Å². The maximum absolute atomic E-state index is 11.2. The molecular formula is C14H23NO2S. The predicted molar refractivity (Wildman–Crippen MR) is 75.8 cm³/mol. The molecule has 4 heteroatoms. The van der Waals surface area contributed by atoms with Gasteiger partial charge >= 0.3 is 5.97 Å². The van der Waals surface area contributed by atoms with Crippen molar-refractivity contribution in [1.82, 2.24) is 5.32 Å². The van der Waals surface area contributed by atoms with E-state index in [0.717, 1.165) is 11.4 Å². The third-order valence-electron chi connectivity index (χ3n) is 3.36. The molecule has 1 aromatic heterocycles. The largest absolute Gasteiger partial charge is 0.469 e. The van der Waals surface area contributed by atoms with Gasteiger partial charge in [0.2, 0.25) is 0 Å². The minimum Gasteiger partial charge on any atom is -0.469 e. The van der Waals surface area contributed by atoms with E-state index in [9.17, 15) is 4.79 Å². The van der Waals surface area contributed by atoms with Crippen molar-refractivity contribution in [1.29, 1.82) is 0 Å². The van der Waals surface area contributed by atoms with Crippen LogP contribution in [0.5, 0.6) is 0 Å². The lowest BCUT2D eigenvalue weighted by Gasteiger charge is -2.19. The molecule has 0 saturated heterocycles. The summed E-state index contributed by atoms with van der Waals surface area (Å²) in [5.41, 5.74) is 0. The lowest BCUT2D eigenvalue weighted by molar-refractivity contribution is -0.139. The molecule has 2 unspecified atom stereocenters. The highest BCUT2D eigenvalue weighted by Gasteiger charge is 2.10. The summed E-state index contributed by atoms with van der Waals surface area (Å²) in [4.78, 5) is 13.5. The fraction of sp³-hybridized carbons (Fsp3) is 0.643. The van der Waals surface area contributed by atoms with Crippen LogP contribution in [0.25, 0.3) is 0 Å². The number of methoxy groups -OCH3 is 1. The van der Waals surface area contributed by atoms with Crippen LogP contribution in [-0.2, 0) is 22.5 Å². The van der Waals surface area contributed by atoms with Gasteiger partial charge in [0.05, 0.1) is 13.5 Å². The van der Waals surface area contributed by atoms with E-state index in [-0.39, 0.29) is 5.97 Å². The Labute approximate surface area is 114 Å². The van der Waals surface area contributed by atoms with Crippen molar-refractivity contribution in [3.8, 4) is 0 Å². The highest BCUT2D eigenvalue weighted by Crippen LogP contribution is 2.18. The number of carbonyl (C=O) groups excluding carboxylic acids is 1. The van der Waals surface area contributed by atoms with Crippen molar-refractivity contribution in [2.75, 3.05) is 7.11 Å². The van der Waals surface area contributed by atoms with Crippen molar-refractivity contribution in [3.63, 3.8) is 0 Å². The summed E-state index contributed by atoms with van der Waals surface area (Å²) in [6.45, 7) is 7.56. The lowest BCUT2D eigenvalue weighted by Crippen LogP contribution is -2.31. The number of hydrogen-bond donors (Lipinski definition) is 1. The zero-order valence-corrected chi connectivity index (χ0v) is 12.5. The highest BCUT2D eigenvalue weighted by molar-refractivity contribution is 7.12. The second-order valence-electron chi connectivity index (χ2n) is 4.68. The van der Waals surface area contributed by atoms with Gasteiger partial charge in [-0.15, -0.1) is 11.3 Å². The summed E-state index contributed by atoms with van der Waals surface area (Å²) in [5, 5.41) is 3.52. The Kier molecular flexibility index (Phi) is 6.36. The highest BCUT2D eigenvalue weighted by atomic mass is 32.1. The van der Waals surface area contributed by atoms with Crippen LogP contribution in [0.4, 0.5) is 0 Å². The number of ether oxygens (including phenoxy) is 1. The van der Waals surface area contributed by atoms with Gasteiger partial charge in [0.25, 0.3) is 0 Å². The van der Waals surface area contributed by atoms with Gasteiger partial charge in [-0.25, -0.2) is 0 Å². The molecule has 0 saturated carbocycles. The summed E-state index contributed by atoms with van der Waals surface area (Å²) in [5.74, 6) is 0.504. The van der Waals surface area contributed by atoms with E-state index in [2.05, 4.69) is 36.9 Å². The van der Waals surface area contributed by atoms with Crippen molar-refractivity contribution in [2.24, 2.45) is 5.92 Å². The zero-order valence-electron chi connectivity index (χ0n) is 11.7. The Bertz CT molecular complexity index is 376. The van der Waals surface area contributed by atoms with Gasteiger partial charge in [-0.1, -0.05) is 20.3 Å². The molecule has 0 amide bonds. The molecule has 1 heterocycles. The number of hydrogen-bond acceptors (Lipinski definition) is 4. The van der Waals surface area contributed by atoms with E-state index in [1.54, 1.807) is 11.3 Å². The average Bonchev–Trinajstić information content (AvgIpc) is 2.82. The molecule has 0 aromatic carbocycles. The molecule has 1 N–H and O–H groups in total. The van der Waals surface area contributed by atoms with Gasteiger partial charge in [-0.3, -0.25) is 4.79 Å². The van der Waals surface area contributed by atoms with E-state index in [1.165, 1.54) is 18.4 Å². The Balaban J connectivity index is 2.42. The van der Waals surface area contributed by atoms with Gasteiger partial charge in [0.15, 0.2) is 0 Å². The van der Waals surface area contributed by atoms with Crippen LogP contribution in [0.3, 0.4) is 0 Å². The molecule has 1 aromatic rings. The van der Waals surface area contributed by atoms with Gasteiger partial charge in [0.1, 0.15) is 0 Å². The van der Waals surface area contributed by atoms with Gasteiger partial charge in [0, 0.05) is 22.3 Å². The van der Waals surface area contributed by atoms with Crippen molar-refractivity contribution >= 4 is 17.3 Å². The molecule has 0 bridgehead atoms. The Hall–Kier alpha value is -0.870. The number of thiophene rings is 1. The van der Waals surface area contributed by atoms with Crippen molar-refractivity contribution < 1.29 is 9.53 Å². The van der Waals surface area contributed by atoms with E-state index >= 15 is 0 Å². The van der Waals surface area contributed by atoms with Gasteiger partial charge in [-0.2, -0.15) is 0 Å². The summed E-state index contributed by atoms with van der Waals surface area (Å²) >= 11 is 1.67. The second kappa shape index (κ2) is 7.54. The van der Waals surface area contributed by atoms with Crippen molar-refractivity contribution in [2.45, 2.75) is 46.2 Å². The molecule has 18 heavy (non-hydrogen) atoms. The van der Waals surface area contributed by atoms with Crippen LogP contribution in [0, 0.1) is 5.92 Å². The number of esters is 1. The van der Waals surface area contributed by atoms with Crippen LogP contribution in [-0.4, -0.2) is 19.1 Å². The molecule has 0 aliphatic rings. The third-order valence-corrected chi connectivity index (χ3v) is 4.44. The molecular weight excluding hydrogens is 246 g/mol. The number of rotatable bonds is 7. The molecule has 0 fully saturated rings. The summed E-state index contributed by atoms with van der Waals surface area (Å²) < 4.78 is 4.66. The molecule has 2 atom stereocenters. The smallest absolute Gasteiger partial charge is 0.310 e. The summed E-state index contributed by atoms with van der Waals surface area (Å²) in [6.07, 6.45) is 1.56. The first kappa shape index (κ1) is 15.2. The van der Waals surface area contributed by atoms with Crippen LogP contribution in [0.2, 0.25) is 0 Å². The molecule has 0 aliphatic carbocycles. The van der Waals surface area contributed by atoms with Gasteiger partial charge < -0.3 is 10.1 Å². The molecule has 0 aliphatic heterocycles. The van der Waals surface area contributed by atoms with Crippen LogP contribution >= 0.6 is 11.3 Å². The molecule has 1 rings (SSSR count). The zero-order chi connectivity index (χ0) is 13.5. The molecule has 0 radical (unpaired) electrons. The maximum Gasteiger partial charge on any atom is 0.310 e. The third kappa shape index (κ3) is 4.78. The first-order valence-corrected chi connectivity index (χ1v) is 7.26. The SMILES string of the molecule is CCC(C)C(C)NCc1ccc(CC(=O)OC)s1. The quantitative estimate of drug-likeness (QED) is 0.773. The van der Waals surface area contributed by atoms with E-state index in [1.807, 2.05) is 6.07 Å². The minimum absolute atomic E-state index is 0.177. The van der Waals surface area contributed by atoms with Crippen molar-refractivity contribution in [3.05, 3.63) is 21.9 Å². The first-order chi connectivity index (χ1) is 8.56. The maximum atomic E-state index is 11.2. The Morgan fingerprint density at radius 2 is 2.06 bits per heavy atom. The average molecular weight is 269 g/mol. The number of nitrogens with one attached hydrogen (secondary N) is 1. The lowest BCUT2D eigenvalue weighted by atomic mass is 10.0. The minimum atomic E-state index is -0.177. The monoisotopic (exact) mass is 269 g/mol. The Morgan fingerprint density at radius 3 is 2.67 bits per heavy atom. The fourth-order valence-electron chi connectivity index (χ4n) is 1.64. The predicted octanol–water partition coefficient (Wildman–Crippen LogP) is 2.99. The van der Waals surface area contributed by atoms with E-state index < -0.39 is 0 Å².